The Morgan fingerprint density at radius 1 is 0.833 bits per heavy atom. The Balaban J connectivity index is 2.00. The topological polar surface area (TPSA) is 0 Å². The Labute approximate surface area is 76.1 Å². The lowest BCUT2D eigenvalue weighted by Crippen LogP contribution is -2.03. The summed E-state index contributed by atoms with van der Waals surface area (Å²) in [5.74, 6) is 0.965. The molecule has 2 aliphatic carbocycles. The molecule has 0 spiro atoms. The zero-order chi connectivity index (χ0) is 8.23. The molecule has 0 aromatic rings. The quantitative estimate of drug-likeness (QED) is 0.473. The normalized spacial score (nSPS) is 31.3. The van der Waals surface area contributed by atoms with Gasteiger partial charge in [0.15, 0.2) is 0 Å². The molecular formula is C12H20. The van der Waals surface area contributed by atoms with Crippen LogP contribution in [0.25, 0.3) is 0 Å². The first-order valence-corrected chi connectivity index (χ1v) is 5.65. The van der Waals surface area contributed by atoms with Gasteiger partial charge in [0.25, 0.3) is 0 Å². The molecule has 1 unspecified atom stereocenters. The fourth-order valence-electron chi connectivity index (χ4n) is 2.64. The number of hydrogen-bond donors (Lipinski definition) is 0. The van der Waals surface area contributed by atoms with Crippen molar-refractivity contribution in [3.05, 3.63) is 11.6 Å². The average Bonchev–Trinajstić information content (AvgIpc) is 2.17. The summed E-state index contributed by atoms with van der Waals surface area (Å²) in [6.07, 6.45) is 15.8. The van der Waals surface area contributed by atoms with Crippen LogP contribution in [-0.4, -0.2) is 0 Å². The molecule has 0 saturated carbocycles. The van der Waals surface area contributed by atoms with E-state index in [-0.39, 0.29) is 0 Å². The molecule has 0 aliphatic heterocycles. The van der Waals surface area contributed by atoms with Gasteiger partial charge in [0, 0.05) is 0 Å². The van der Waals surface area contributed by atoms with Crippen molar-refractivity contribution in [1.29, 1.82) is 0 Å². The van der Waals surface area contributed by atoms with Gasteiger partial charge in [-0.15, -0.1) is 0 Å². The molecule has 0 aromatic heterocycles. The summed E-state index contributed by atoms with van der Waals surface area (Å²) in [6, 6.07) is 0. The van der Waals surface area contributed by atoms with Crippen molar-refractivity contribution in [2.45, 2.75) is 57.8 Å². The van der Waals surface area contributed by atoms with E-state index in [0.717, 1.165) is 5.92 Å². The Kier molecular flexibility index (Phi) is 2.86. The van der Waals surface area contributed by atoms with Gasteiger partial charge in [0.2, 0.25) is 0 Å². The van der Waals surface area contributed by atoms with Crippen LogP contribution in [0.5, 0.6) is 0 Å². The molecule has 0 N–H and O–H groups in total. The van der Waals surface area contributed by atoms with E-state index in [1.54, 1.807) is 5.57 Å². The first-order chi connectivity index (χ1) is 5.95. The molecule has 2 aliphatic rings. The van der Waals surface area contributed by atoms with E-state index >= 15 is 0 Å². The molecule has 0 amide bonds. The lowest BCUT2D eigenvalue weighted by molar-refractivity contribution is 0.476. The van der Waals surface area contributed by atoms with E-state index in [1.165, 1.54) is 57.8 Å². The van der Waals surface area contributed by atoms with Crippen LogP contribution in [0, 0.1) is 5.92 Å². The van der Waals surface area contributed by atoms with E-state index in [0.29, 0.717) is 0 Å². The zero-order valence-electron chi connectivity index (χ0n) is 8.02. The summed E-state index contributed by atoms with van der Waals surface area (Å²) in [6.45, 7) is 0. The maximum absolute atomic E-state index is 2.61. The van der Waals surface area contributed by atoms with Crippen LogP contribution < -0.4 is 0 Å². The third kappa shape index (κ3) is 2.12. The van der Waals surface area contributed by atoms with Crippen molar-refractivity contribution < 1.29 is 0 Å². The second-order valence-corrected chi connectivity index (χ2v) is 4.43. The van der Waals surface area contributed by atoms with Crippen molar-refractivity contribution >= 4 is 0 Å². The van der Waals surface area contributed by atoms with Gasteiger partial charge in [-0.25, -0.2) is 0 Å². The van der Waals surface area contributed by atoms with Crippen LogP contribution in [0.3, 0.4) is 0 Å². The smallest absolute Gasteiger partial charge is 0.0231 e. The second-order valence-electron chi connectivity index (χ2n) is 4.43. The maximum Gasteiger partial charge on any atom is -0.0231 e. The van der Waals surface area contributed by atoms with Gasteiger partial charge < -0.3 is 0 Å². The average molecular weight is 164 g/mol. The van der Waals surface area contributed by atoms with Crippen LogP contribution >= 0.6 is 0 Å². The fourth-order valence-corrected chi connectivity index (χ4v) is 2.64. The number of fused-ring (bicyclic) bond motifs is 1. The standard InChI is InChI=1S/C12H20/c1-2-4-7-12-9-5-8-11(10-12)6-3-1/h10-11H,1-9H2. The highest BCUT2D eigenvalue weighted by molar-refractivity contribution is 5.08. The molecule has 0 heterocycles. The molecule has 0 radical (unpaired) electrons. The van der Waals surface area contributed by atoms with E-state index < -0.39 is 0 Å². The number of rotatable bonds is 0. The highest BCUT2D eigenvalue weighted by Gasteiger charge is 2.14. The largest absolute Gasteiger partial charge is 0.0822 e. The molecule has 0 heteroatoms. The second kappa shape index (κ2) is 4.11. The Bertz CT molecular complexity index is 167. The van der Waals surface area contributed by atoms with E-state index in [1.807, 2.05) is 0 Å². The minimum absolute atomic E-state index is 0.965. The molecule has 12 heavy (non-hydrogen) atoms. The van der Waals surface area contributed by atoms with Crippen LogP contribution in [0.2, 0.25) is 0 Å². The third-order valence-corrected chi connectivity index (χ3v) is 3.37. The van der Waals surface area contributed by atoms with Crippen LogP contribution in [0.1, 0.15) is 57.8 Å². The monoisotopic (exact) mass is 164 g/mol. The van der Waals surface area contributed by atoms with Crippen molar-refractivity contribution in [2.24, 2.45) is 5.92 Å². The predicted molar refractivity (Wildman–Crippen MR) is 53.1 cm³/mol. The van der Waals surface area contributed by atoms with Crippen LogP contribution in [0.15, 0.2) is 11.6 Å². The van der Waals surface area contributed by atoms with Crippen LogP contribution in [0.4, 0.5) is 0 Å². The zero-order valence-corrected chi connectivity index (χ0v) is 8.02. The van der Waals surface area contributed by atoms with Gasteiger partial charge in [-0.05, 0) is 44.4 Å². The van der Waals surface area contributed by atoms with Crippen molar-refractivity contribution in [2.75, 3.05) is 0 Å². The first-order valence-electron chi connectivity index (χ1n) is 5.65. The van der Waals surface area contributed by atoms with Gasteiger partial charge in [0.05, 0.1) is 0 Å². The van der Waals surface area contributed by atoms with Gasteiger partial charge in [0.1, 0.15) is 0 Å². The summed E-state index contributed by atoms with van der Waals surface area (Å²) < 4.78 is 0. The minimum atomic E-state index is 0.965. The van der Waals surface area contributed by atoms with Gasteiger partial charge in [-0.2, -0.15) is 0 Å². The van der Waals surface area contributed by atoms with E-state index in [9.17, 15) is 0 Å². The fraction of sp³-hybridized carbons (Fsp3) is 0.833. The molecule has 1 atom stereocenters. The first kappa shape index (κ1) is 8.34. The number of hydrogen-bond acceptors (Lipinski definition) is 0. The predicted octanol–water partition coefficient (Wildman–Crippen LogP) is 4.07. The summed E-state index contributed by atoms with van der Waals surface area (Å²) in [5, 5.41) is 0. The molecular weight excluding hydrogens is 144 g/mol. The number of allylic oxidation sites excluding steroid dienone is 2. The van der Waals surface area contributed by atoms with E-state index in [4.69, 9.17) is 0 Å². The Morgan fingerprint density at radius 2 is 1.58 bits per heavy atom. The highest BCUT2D eigenvalue weighted by atomic mass is 14.2. The molecule has 0 saturated heterocycles. The highest BCUT2D eigenvalue weighted by Crippen LogP contribution is 2.31. The molecule has 0 fully saturated rings. The summed E-state index contributed by atoms with van der Waals surface area (Å²) in [7, 11) is 0. The Morgan fingerprint density at radius 3 is 2.58 bits per heavy atom. The summed E-state index contributed by atoms with van der Waals surface area (Å²) in [5.41, 5.74) is 1.79. The lowest BCUT2D eigenvalue weighted by Gasteiger charge is -2.19. The van der Waals surface area contributed by atoms with Crippen molar-refractivity contribution in [3.8, 4) is 0 Å². The molecule has 0 aromatic carbocycles. The summed E-state index contributed by atoms with van der Waals surface area (Å²) >= 11 is 0. The van der Waals surface area contributed by atoms with E-state index in [2.05, 4.69) is 6.08 Å². The summed E-state index contributed by atoms with van der Waals surface area (Å²) in [4.78, 5) is 0. The van der Waals surface area contributed by atoms with Gasteiger partial charge >= 0.3 is 0 Å². The van der Waals surface area contributed by atoms with Crippen molar-refractivity contribution in [1.82, 2.24) is 0 Å². The SMILES string of the molecule is C1=C2CCCCCCC1CCC2. The maximum atomic E-state index is 2.61. The van der Waals surface area contributed by atoms with Crippen molar-refractivity contribution in [3.63, 3.8) is 0 Å². The molecule has 68 valence electrons. The minimum Gasteiger partial charge on any atom is -0.0822 e. The third-order valence-electron chi connectivity index (χ3n) is 3.37. The Hall–Kier alpha value is -0.260. The lowest BCUT2D eigenvalue weighted by atomic mass is 9.87. The molecule has 0 nitrogen and oxygen atoms in total. The molecule has 2 rings (SSSR count). The molecule has 2 bridgehead atoms. The van der Waals surface area contributed by atoms with Crippen LogP contribution in [-0.2, 0) is 0 Å². The van der Waals surface area contributed by atoms with Gasteiger partial charge in [-0.1, -0.05) is 30.9 Å². The van der Waals surface area contributed by atoms with Gasteiger partial charge in [-0.3, -0.25) is 0 Å².